The largest absolute Gasteiger partial charge is 0.339 e. The summed E-state index contributed by atoms with van der Waals surface area (Å²) >= 11 is 1.92. The van der Waals surface area contributed by atoms with E-state index >= 15 is 0 Å². The predicted molar refractivity (Wildman–Crippen MR) is 234 cm³/mol. The van der Waals surface area contributed by atoms with Crippen LogP contribution >= 0.6 is 11.3 Å². The van der Waals surface area contributed by atoms with Gasteiger partial charge in [0.25, 0.3) is 6.71 Å². The Kier molecular flexibility index (Phi) is 6.64. The molecule has 5 aromatic rings. The van der Waals surface area contributed by atoms with Crippen LogP contribution in [0.1, 0.15) is 129 Å². The topological polar surface area (TPSA) is 6.48 Å². The number of hydrogen-bond acceptors (Lipinski definition) is 3. The van der Waals surface area contributed by atoms with E-state index < -0.39 is 6.85 Å². The molecule has 0 N–H and O–H groups in total. The first kappa shape index (κ1) is 31.8. The standard InChI is InChI=1S/C49H59BN2S/c1-29-23-38-42-39(24-29)52(41-28-33-21-22-49(41,13)48(33,11)12)37-27-32(47(8,9)10)17-19-36(37)50(42)44-43(35-26-31(46(5,6)7)18-20-40(35)53-44)51(38)34-16-14-15-30(25-34)45(2,3)4/h14-20,23-27,33,41H,21-22,28H2,1-13H3/i1D3. The van der Waals surface area contributed by atoms with Crippen molar-refractivity contribution in [3.63, 3.8) is 0 Å². The highest BCUT2D eigenvalue weighted by Crippen LogP contribution is 2.68. The lowest BCUT2D eigenvalue weighted by molar-refractivity contribution is 0.136. The molecule has 9 rings (SSSR count). The molecule has 0 spiro atoms. The van der Waals surface area contributed by atoms with Crippen molar-refractivity contribution in [3.8, 4) is 0 Å². The SMILES string of the molecule is [2H]C([2H])([2H])c1cc2c3c(c1)N(C1CC4CCC1(C)C4(C)C)c1cc(C(C)(C)C)ccc1B3c1sc3ccc(C(C)(C)C)cc3c1N2c1cccc(C(C)(C)C)c1. The van der Waals surface area contributed by atoms with Gasteiger partial charge < -0.3 is 9.80 Å². The first-order chi connectivity index (χ1) is 25.9. The third-order valence-corrected chi connectivity index (χ3v) is 15.7. The molecule has 2 nitrogen and oxygen atoms in total. The maximum absolute atomic E-state index is 8.98. The molecule has 0 amide bonds. The molecular formula is C49H59BN2S. The van der Waals surface area contributed by atoms with Gasteiger partial charge >= 0.3 is 0 Å². The lowest BCUT2D eigenvalue weighted by Gasteiger charge is -2.50. The van der Waals surface area contributed by atoms with Crippen molar-refractivity contribution in [2.45, 2.75) is 131 Å². The van der Waals surface area contributed by atoms with E-state index in [0.29, 0.717) is 11.5 Å². The Bertz CT molecular complexity index is 2440. The number of anilines is 5. The van der Waals surface area contributed by atoms with Crippen molar-refractivity contribution >= 4 is 72.3 Å². The minimum atomic E-state index is -2.28. The molecule has 4 aromatic carbocycles. The van der Waals surface area contributed by atoms with Gasteiger partial charge in [0.2, 0.25) is 0 Å². The summed E-state index contributed by atoms with van der Waals surface area (Å²) in [4.78, 5) is 5.13. The predicted octanol–water partition coefficient (Wildman–Crippen LogP) is 12.1. The Balaban J connectivity index is 1.43. The average Bonchev–Trinajstić information content (AvgIpc) is 3.65. The number of benzene rings is 4. The number of fused-ring (bicyclic) bond motifs is 8. The van der Waals surface area contributed by atoms with E-state index in [9.17, 15) is 0 Å². The van der Waals surface area contributed by atoms with Gasteiger partial charge in [0.1, 0.15) is 0 Å². The Morgan fingerprint density at radius 2 is 1.42 bits per heavy atom. The van der Waals surface area contributed by atoms with Gasteiger partial charge in [0.05, 0.1) is 5.69 Å². The average molecular weight is 722 g/mol. The zero-order valence-corrected chi connectivity index (χ0v) is 34.9. The molecule has 2 fully saturated rings. The number of nitrogens with zero attached hydrogens (tertiary/aromatic N) is 2. The molecule has 3 heterocycles. The quantitative estimate of drug-likeness (QED) is 0.164. The number of thiophene rings is 1. The van der Waals surface area contributed by atoms with E-state index in [2.05, 4.69) is 160 Å². The van der Waals surface area contributed by atoms with Gasteiger partial charge in [-0.1, -0.05) is 113 Å². The molecule has 3 unspecified atom stereocenters. The van der Waals surface area contributed by atoms with Gasteiger partial charge in [-0.25, -0.2) is 0 Å². The van der Waals surface area contributed by atoms with Gasteiger partial charge in [-0.3, -0.25) is 0 Å². The summed E-state index contributed by atoms with van der Waals surface area (Å²) in [6, 6.07) is 27.7. The fourth-order valence-electron chi connectivity index (χ4n) is 10.7. The van der Waals surface area contributed by atoms with Gasteiger partial charge in [-0.05, 0) is 135 Å². The van der Waals surface area contributed by atoms with Crippen LogP contribution in [-0.2, 0) is 16.2 Å². The van der Waals surface area contributed by atoms with Crippen molar-refractivity contribution in [2.75, 3.05) is 9.80 Å². The van der Waals surface area contributed by atoms with E-state index in [1.54, 1.807) is 0 Å². The Hall–Kier alpha value is -3.50. The van der Waals surface area contributed by atoms with Gasteiger partial charge in [0, 0.05) is 47.8 Å². The van der Waals surface area contributed by atoms with E-state index in [4.69, 9.17) is 4.11 Å². The van der Waals surface area contributed by atoms with E-state index in [0.717, 1.165) is 23.5 Å². The van der Waals surface area contributed by atoms with Crippen LogP contribution in [-0.4, -0.2) is 12.8 Å². The second-order valence-corrected chi connectivity index (χ2v) is 21.9. The molecule has 1 aromatic heterocycles. The lowest BCUT2D eigenvalue weighted by atomic mass is 9.36. The molecule has 2 saturated carbocycles. The Morgan fingerprint density at radius 3 is 2.06 bits per heavy atom. The smallest absolute Gasteiger partial charge is 0.264 e. The molecule has 2 aliphatic heterocycles. The van der Waals surface area contributed by atoms with Crippen molar-refractivity contribution in [2.24, 2.45) is 16.7 Å². The second-order valence-electron chi connectivity index (χ2n) is 20.8. The van der Waals surface area contributed by atoms with Crippen LogP contribution in [0.25, 0.3) is 10.1 Å². The lowest BCUT2D eigenvalue weighted by Crippen LogP contribution is -2.63. The van der Waals surface area contributed by atoms with Crippen molar-refractivity contribution in [3.05, 3.63) is 95.1 Å². The van der Waals surface area contributed by atoms with Gasteiger partial charge in [-0.15, -0.1) is 11.3 Å². The summed E-state index contributed by atoms with van der Waals surface area (Å²) in [6.07, 6.45) is 3.56. The van der Waals surface area contributed by atoms with Gasteiger partial charge in [0.15, 0.2) is 0 Å². The number of rotatable bonds is 2. The normalized spacial score (nSPS) is 24.2. The molecule has 53 heavy (non-hydrogen) atoms. The molecule has 4 heteroatoms. The monoisotopic (exact) mass is 721 g/mol. The molecule has 2 bridgehead atoms. The molecule has 0 radical (unpaired) electrons. The number of hydrogen-bond donors (Lipinski definition) is 0. The summed E-state index contributed by atoms with van der Waals surface area (Å²) in [5.41, 5.74) is 12.6. The molecule has 2 aliphatic carbocycles. The summed E-state index contributed by atoms with van der Waals surface area (Å²) in [5, 5.41) is 1.24. The summed E-state index contributed by atoms with van der Waals surface area (Å²) in [7, 11) is 0. The van der Waals surface area contributed by atoms with Gasteiger partial charge in [-0.2, -0.15) is 0 Å². The maximum Gasteiger partial charge on any atom is 0.264 e. The van der Waals surface area contributed by atoms with Crippen LogP contribution in [0.3, 0.4) is 0 Å². The second kappa shape index (κ2) is 11.1. The zero-order chi connectivity index (χ0) is 40.3. The minimum absolute atomic E-state index is 0.0278. The summed E-state index contributed by atoms with van der Waals surface area (Å²) in [5.74, 6) is 0.633. The molecule has 274 valence electrons. The van der Waals surface area contributed by atoms with Crippen LogP contribution in [0.4, 0.5) is 28.4 Å². The first-order valence-electron chi connectivity index (χ1n) is 21.5. The fourth-order valence-corrected chi connectivity index (χ4v) is 12.0. The van der Waals surface area contributed by atoms with Crippen molar-refractivity contribution in [1.29, 1.82) is 0 Å². The maximum atomic E-state index is 8.98. The van der Waals surface area contributed by atoms with Crippen LogP contribution < -0.4 is 25.5 Å². The Morgan fingerprint density at radius 1 is 0.755 bits per heavy atom. The summed E-state index contributed by atoms with van der Waals surface area (Å²) < 4.78 is 29.5. The number of aryl methyl sites for hydroxylation is 1. The third kappa shape index (κ3) is 4.95. The Labute approximate surface area is 328 Å². The van der Waals surface area contributed by atoms with Crippen molar-refractivity contribution < 1.29 is 4.11 Å². The van der Waals surface area contributed by atoms with Crippen LogP contribution in [0.2, 0.25) is 0 Å². The van der Waals surface area contributed by atoms with Crippen LogP contribution in [0.15, 0.2) is 72.8 Å². The highest BCUT2D eigenvalue weighted by molar-refractivity contribution is 7.33. The van der Waals surface area contributed by atoms with Crippen LogP contribution in [0, 0.1) is 23.6 Å². The highest BCUT2D eigenvalue weighted by atomic mass is 32.1. The first-order valence-corrected chi connectivity index (χ1v) is 20.8. The van der Waals surface area contributed by atoms with Crippen LogP contribution in [0.5, 0.6) is 0 Å². The molecule has 0 saturated heterocycles. The third-order valence-electron chi connectivity index (χ3n) is 14.5. The van der Waals surface area contributed by atoms with E-state index in [-0.39, 0.29) is 39.8 Å². The minimum Gasteiger partial charge on any atom is -0.339 e. The summed E-state index contributed by atoms with van der Waals surface area (Å²) in [6.45, 7) is 25.8. The van der Waals surface area contributed by atoms with E-state index in [1.807, 2.05) is 17.4 Å². The van der Waals surface area contributed by atoms with E-state index in [1.165, 1.54) is 66.7 Å². The molecular weight excluding hydrogens is 659 g/mol. The fraction of sp³-hybridized carbons (Fsp3) is 0.469. The highest BCUT2D eigenvalue weighted by Gasteiger charge is 2.64. The zero-order valence-electron chi connectivity index (χ0n) is 37.1. The molecule has 4 aliphatic rings. The molecule has 3 atom stereocenters. The van der Waals surface area contributed by atoms with Crippen molar-refractivity contribution in [1.82, 2.24) is 0 Å².